The Labute approximate surface area is 153 Å². The molecule has 2 aromatic rings. The second-order valence-corrected chi connectivity index (χ2v) is 6.98. The number of ether oxygens (including phenoxy) is 2. The number of carbonyl (C=O) groups is 1. The fraction of sp³-hybridized carbons (Fsp3) is 0.500. The molecule has 0 spiro atoms. The minimum absolute atomic E-state index is 0.00100. The monoisotopic (exact) mass is 355 g/mol. The van der Waals surface area contributed by atoms with Gasteiger partial charge in [0.2, 0.25) is 5.91 Å². The highest BCUT2D eigenvalue weighted by Crippen LogP contribution is 2.34. The second-order valence-electron chi connectivity index (χ2n) is 6.98. The molecule has 1 fully saturated rings. The summed E-state index contributed by atoms with van der Waals surface area (Å²) in [6, 6.07) is 9.95. The van der Waals surface area contributed by atoms with Gasteiger partial charge in [-0.3, -0.25) is 9.48 Å². The quantitative estimate of drug-likeness (QED) is 0.894. The Hall–Kier alpha value is -2.34. The summed E-state index contributed by atoms with van der Waals surface area (Å²) in [6.45, 7) is 4.68. The molecule has 2 aliphatic heterocycles. The number of fused-ring (bicyclic) bond motifs is 1. The fourth-order valence-corrected chi connectivity index (χ4v) is 3.89. The topological polar surface area (TPSA) is 65.4 Å². The van der Waals surface area contributed by atoms with E-state index in [1.165, 1.54) is 0 Å². The van der Waals surface area contributed by atoms with Gasteiger partial charge < -0.3 is 14.8 Å². The number of nitrogens with zero attached hydrogens (tertiary/aromatic N) is 2. The standard InChI is InChI=1S/C20H25N3O3/c1-2-23-17(7-9-22-23)19-15(8-10-25-19)12-21-20(24)16-11-14-5-3-4-6-18(14)26-13-16/h3-7,9,15-16,19H,2,8,10-13H2,1H3,(H,21,24)/t15-,16?,19+/m0/s1. The zero-order valence-electron chi connectivity index (χ0n) is 15.1. The van der Waals surface area contributed by atoms with Crippen LogP contribution in [0.2, 0.25) is 0 Å². The molecule has 6 nitrogen and oxygen atoms in total. The highest BCUT2D eigenvalue weighted by Gasteiger charge is 2.33. The summed E-state index contributed by atoms with van der Waals surface area (Å²) in [6.07, 6.45) is 3.49. The molecule has 0 saturated carbocycles. The van der Waals surface area contributed by atoms with E-state index in [0.717, 1.165) is 43.0 Å². The van der Waals surface area contributed by atoms with Gasteiger partial charge in [-0.1, -0.05) is 18.2 Å². The van der Waals surface area contributed by atoms with Crippen LogP contribution in [0.15, 0.2) is 36.5 Å². The summed E-state index contributed by atoms with van der Waals surface area (Å²) in [5.41, 5.74) is 2.20. The third kappa shape index (κ3) is 3.33. The van der Waals surface area contributed by atoms with Crippen LogP contribution in [-0.4, -0.2) is 35.4 Å². The molecule has 0 radical (unpaired) electrons. The molecule has 1 amide bonds. The molecule has 1 saturated heterocycles. The summed E-state index contributed by atoms with van der Waals surface area (Å²) in [5, 5.41) is 7.46. The van der Waals surface area contributed by atoms with Gasteiger partial charge in [0.15, 0.2) is 0 Å². The van der Waals surface area contributed by atoms with Gasteiger partial charge >= 0.3 is 0 Å². The number of carbonyl (C=O) groups excluding carboxylic acids is 1. The highest BCUT2D eigenvalue weighted by atomic mass is 16.5. The van der Waals surface area contributed by atoms with Crippen molar-refractivity contribution in [1.29, 1.82) is 0 Å². The Bertz CT molecular complexity index is 773. The van der Waals surface area contributed by atoms with Crippen LogP contribution in [0.5, 0.6) is 5.75 Å². The Morgan fingerprint density at radius 3 is 3.12 bits per heavy atom. The Balaban J connectivity index is 1.36. The predicted octanol–water partition coefficient (Wildman–Crippen LogP) is 2.35. The molecule has 138 valence electrons. The lowest BCUT2D eigenvalue weighted by Gasteiger charge is -2.26. The Morgan fingerprint density at radius 1 is 1.35 bits per heavy atom. The number of hydrogen-bond acceptors (Lipinski definition) is 4. The predicted molar refractivity (Wildman–Crippen MR) is 96.8 cm³/mol. The molecule has 26 heavy (non-hydrogen) atoms. The molecule has 0 aliphatic carbocycles. The molecule has 3 atom stereocenters. The van der Waals surface area contributed by atoms with Gasteiger partial charge in [-0.2, -0.15) is 5.10 Å². The lowest BCUT2D eigenvalue weighted by atomic mass is 9.95. The van der Waals surface area contributed by atoms with E-state index >= 15 is 0 Å². The van der Waals surface area contributed by atoms with E-state index in [2.05, 4.69) is 17.3 Å². The van der Waals surface area contributed by atoms with E-state index < -0.39 is 0 Å². The van der Waals surface area contributed by atoms with Crippen LogP contribution in [-0.2, 0) is 22.5 Å². The Kier molecular flexibility index (Phi) is 4.93. The number of amides is 1. The molecule has 1 unspecified atom stereocenters. The number of benzene rings is 1. The first-order valence-corrected chi connectivity index (χ1v) is 9.38. The summed E-state index contributed by atoms with van der Waals surface area (Å²) in [4.78, 5) is 12.6. The highest BCUT2D eigenvalue weighted by molar-refractivity contribution is 5.79. The van der Waals surface area contributed by atoms with Crippen molar-refractivity contribution in [1.82, 2.24) is 15.1 Å². The maximum Gasteiger partial charge on any atom is 0.226 e. The average Bonchev–Trinajstić information content (AvgIpc) is 3.33. The first-order valence-electron chi connectivity index (χ1n) is 9.38. The lowest BCUT2D eigenvalue weighted by molar-refractivity contribution is -0.126. The molecule has 6 heteroatoms. The van der Waals surface area contributed by atoms with Crippen molar-refractivity contribution < 1.29 is 14.3 Å². The van der Waals surface area contributed by atoms with Gasteiger partial charge in [-0.25, -0.2) is 0 Å². The summed E-state index contributed by atoms with van der Waals surface area (Å²) in [7, 11) is 0. The van der Waals surface area contributed by atoms with Gasteiger partial charge in [0.05, 0.1) is 11.6 Å². The zero-order valence-corrected chi connectivity index (χ0v) is 15.1. The number of rotatable bonds is 5. The normalized spacial score (nSPS) is 24.7. The SMILES string of the molecule is CCn1nccc1[C@@H]1OCC[C@H]1CNC(=O)C1COc2ccccc2C1. The van der Waals surface area contributed by atoms with Crippen LogP contribution in [0, 0.1) is 11.8 Å². The van der Waals surface area contributed by atoms with E-state index in [-0.39, 0.29) is 23.8 Å². The first kappa shape index (κ1) is 17.1. The number of aromatic nitrogens is 2. The summed E-state index contributed by atoms with van der Waals surface area (Å²) >= 11 is 0. The maximum atomic E-state index is 12.6. The van der Waals surface area contributed by atoms with Crippen molar-refractivity contribution in [2.24, 2.45) is 11.8 Å². The smallest absolute Gasteiger partial charge is 0.226 e. The molecule has 1 N–H and O–H groups in total. The van der Waals surface area contributed by atoms with Crippen molar-refractivity contribution in [3.05, 3.63) is 47.8 Å². The summed E-state index contributed by atoms with van der Waals surface area (Å²) < 4.78 is 13.7. The van der Waals surface area contributed by atoms with Crippen LogP contribution in [0.4, 0.5) is 0 Å². The number of aryl methyl sites for hydroxylation is 1. The number of para-hydroxylation sites is 1. The average molecular weight is 355 g/mol. The van der Waals surface area contributed by atoms with E-state index in [0.29, 0.717) is 13.2 Å². The van der Waals surface area contributed by atoms with Crippen molar-refractivity contribution in [3.8, 4) is 5.75 Å². The molecule has 2 aliphatic rings. The Morgan fingerprint density at radius 2 is 2.23 bits per heavy atom. The lowest BCUT2D eigenvalue weighted by Crippen LogP contribution is -2.40. The minimum atomic E-state index is -0.133. The molecular formula is C20H25N3O3. The van der Waals surface area contributed by atoms with E-state index in [1.54, 1.807) is 0 Å². The molecular weight excluding hydrogens is 330 g/mol. The third-order valence-electron chi connectivity index (χ3n) is 5.34. The van der Waals surface area contributed by atoms with Crippen LogP contribution in [0.1, 0.15) is 30.7 Å². The van der Waals surface area contributed by atoms with E-state index in [1.807, 2.05) is 41.2 Å². The van der Waals surface area contributed by atoms with E-state index in [4.69, 9.17) is 9.47 Å². The van der Waals surface area contributed by atoms with Gasteiger partial charge in [0.1, 0.15) is 18.5 Å². The van der Waals surface area contributed by atoms with Crippen molar-refractivity contribution in [3.63, 3.8) is 0 Å². The molecule has 1 aromatic heterocycles. The second kappa shape index (κ2) is 7.50. The van der Waals surface area contributed by atoms with Crippen molar-refractivity contribution in [2.75, 3.05) is 19.8 Å². The molecule has 1 aromatic carbocycles. The van der Waals surface area contributed by atoms with Crippen LogP contribution in [0.3, 0.4) is 0 Å². The van der Waals surface area contributed by atoms with Gasteiger partial charge in [0, 0.05) is 31.8 Å². The maximum absolute atomic E-state index is 12.6. The zero-order chi connectivity index (χ0) is 17.9. The molecule has 4 rings (SSSR count). The fourth-order valence-electron chi connectivity index (χ4n) is 3.89. The molecule has 0 bridgehead atoms. The minimum Gasteiger partial charge on any atom is -0.492 e. The van der Waals surface area contributed by atoms with Gasteiger partial charge in [0.25, 0.3) is 0 Å². The molecule has 3 heterocycles. The number of hydrogen-bond donors (Lipinski definition) is 1. The number of nitrogens with one attached hydrogen (secondary N) is 1. The van der Waals surface area contributed by atoms with Crippen molar-refractivity contribution >= 4 is 5.91 Å². The van der Waals surface area contributed by atoms with Crippen LogP contribution in [0.25, 0.3) is 0 Å². The van der Waals surface area contributed by atoms with Gasteiger partial charge in [-0.15, -0.1) is 0 Å². The van der Waals surface area contributed by atoms with E-state index in [9.17, 15) is 4.79 Å². The van der Waals surface area contributed by atoms with Crippen molar-refractivity contribution in [2.45, 2.75) is 32.4 Å². The van der Waals surface area contributed by atoms with Gasteiger partial charge in [-0.05, 0) is 37.5 Å². The van der Waals surface area contributed by atoms with Crippen LogP contribution >= 0.6 is 0 Å². The summed E-state index contributed by atoms with van der Waals surface area (Å²) in [5.74, 6) is 1.10. The largest absolute Gasteiger partial charge is 0.492 e. The third-order valence-corrected chi connectivity index (χ3v) is 5.34. The van der Waals surface area contributed by atoms with Crippen LogP contribution < -0.4 is 10.1 Å². The first-order chi connectivity index (χ1) is 12.8.